The number of aromatic nitrogens is 1. The van der Waals surface area contributed by atoms with Crippen molar-refractivity contribution < 1.29 is 18.4 Å². The molecule has 0 atom stereocenters. The molecule has 1 saturated heterocycles. The highest BCUT2D eigenvalue weighted by Gasteiger charge is 2.36. The van der Waals surface area contributed by atoms with E-state index in [1.165, 1.54) is 36.4 Å². The summed E-state index contributed by atoms with van der Waals surface area (Å²) in [7, 11) is 0. The first-order chi connectivity index (χ1) is 15.2. The zero-order valence-corrected chi connectivity index (χ0v) is 18.5. The van der Waals surface area contributed by atoms with Crippen LogP contribution in [0.15, 0.2) is 54.1 Å². The summed E-state index contributed by atoms with van der Waals surface area (Å²) in [5, 5.41) is 2.42. The summed E-state index contributed by atoms with van der Waals surface area (Å²) in [5.41, 5.74) is 1.57. The number of rotatable bonds is 3. The van der Waals surface area contributed by atoms with Crippen LogP contribution < -0.4 is 10.2 Å². The Bertz CT molecular complexity index is 1310. The highest BCUT2D eigenvalue weighted by Crippen LogP contribution is 2.31. The third-order valence-corrected chi connectivity index (χ3v) is 5.72. The van der Waals surface area contributed by atoms with Gasteiger partial charge in [0.05, 0.1) is 10.7 Å². The fourth-order valence-electron chi connectivity index (χ4n) is 3.65. The van der Waals surface area contributed by atoms with Crippen LogP contribution in [0.4, 0.5) is 14.5 Å². The normalized spacial score (nSPS) is 15.5. The van der Waals surface area contributed by atoms with E-state index in [1.807, 2.05) is 0 Å². The summed E-state index contributed by atoms with van der Waals surface area (Å²) >= 11 is 11.3. The Hall–Kier alpha value is -3.36. The molecule has 1 N–H and O–H groups in total. The molecule has 0 saturated carbocycles. The number of carbonyl (C=O) groups is 2. The number of benzene rings is 2. The number of thiocarbonyl (C=S) groups is 1. The second kappa shape index (κ2) is 8.29. The molecule has 1 aromatic heterocycles. The maximum absolute atomic E-state index is 14.5. The van der Waals surface area contributed by atoms with E-state index in [1.54, 1.807) is 36.6 Å². The molecular weight excluding hydrogens is 456 g/mol. The molecule has 1 fully saturated rings. The van der Waals surface area contributed by atoms with E-state index in [4.69, 9.17) is 23.8 Å². The number of anilines is 1. The van der Waals surface area contributed by atoms with Gasteiger partial charge in [-0.25, -0.2) is 13.7 Å². The Balaban J connectivity index is 1.82. The van der Waals surface area contributed by atoms with Crippen LogP contribution in [0.25, 0.3) is 11.8 Å². The second-order valence-corrected chi connectivity index (χ2v) is 7.94. The molecule has 32 heavy (non-hydrogen) atoms. The largest absolute Gasteiger partial charge is 0.314 e. The van der Waals surface area contributed by atoms with E-state index < -0.39 is 23.4 Å². The molecule has 2 aromatic carbocycles. The third-order valence-electron chi connectivity index (χ3n) is 5.13. The van der Waals surface area contributed by atoms with Crippen LogP contribution in [0.2, 0.25) is 5.02 Å². The standard InChI is InChI=1S/C23H16ClF2N3O2S/c1-12-10-14(13(2)28(12)20-16(24)6-5-8-18(20)26)11-15-21(30)27-23(32)29(22(15)31)19-9-4-3-7-17(19)25/h3-11H,1-2H3,(H,27,30,32)/b15-11-. The summed E-state index contributed by atoms with van der Waals surface area (Å²) in [5.74, 6) is -2.65. The maximum Gasteiger partial charge on any atom is 0.270 e. The summed E-state index contributed by atoms with van der Waals surface area (Å²) in [4.78, 5) is 26.6. The molecule has 2 heterocycles. The number of hydrogen-bond acceptors (Lipinski definition) is 3. The number of para-hydroxylation sites is 2. The lowest BCUT2D eigenvalue weighted by Crippen LogP contribution is -2.54. The van der Waals surface area contributed by atoms with E-state index >= 15 is 0 Å². The van der Waals surface area contributed by atoms with Crippen LogP contribution in [0.5, 0.6) is 0 Å². The van der Waals surface area contributed by atoms with Crippen molar-refractivity contribution in [1.82, 2.24) is 9.88 Å². The van der Waals surface area contributed by atoms with Crippen LogP contribution in [-0.4, -0.2) is 21.5 Å². The van der Waals surface area contributed by atoms with Gasteiger partial charge in [-0.05, 0) is 68.0 Å². The molecule has 0 unspecified atom stereocenters. The minimum absolute atomic E-state index is 0.0722. The number of halogens is 3. The van der Waals surface area contributed by atoms with Crippen LogP contribution >= 0.6 is 23.8 Å². The lowest BCUT2D eigenvalue weighted by atomic mass is 10.1. The van der Waals surface area contributed by atoms with Gasteiger partial charge in [-0.2, -0.15) is 0 Å². The van der Waals surface area contributed by atoms with E-state index in [-0.39, 0.29) is 27.1 Å². The van der Waals surface area contributed by atoms with Gasteiger partial charge in [0, 0.05) is 11.4 Å². The molecule has 162 valence electrons. The van der Waals surface area contributed by atoms with Crippen molar-refractivity contribution in [2.75, 3.05) is 4.90 Å². The highest BCUT2D eigenvalue weighted by atomic mass is 35.5. The SMILES string of the molecule is Cc1cc(/C=C2/C(=O)NC(=S)N(c3ccccc3F)C2=O)c(C)n1-c1c(F)cccc1Cl. The van der Waals surface area contributed by atoms with Crippen molar-refractivity contribution in [3.05, 3.63) is 87.7 Å². The highest BCUT2D eigenvalue weighted by molar-refractivity contribution is 7.80. The van der Waals surface area contributed by atoms with E-state index in [2.05, 4.69) is 5.32 Å². The first-order valence-corrected chi connectivity index (χ1v) is 10.3. The molecule has 2 amide bonds. The Morgan fingerprint density at radius 3 is 2.41 bits per heavy atom. The van der Waals surface area contributed by atoms with Crippen molar-refractivity contribution in [1.29, 1.82) is 0 Å². The van der Waals surface area contributed by atoms with Crippen molar-refractivity contribution in [2.24, 2.45) is 0 Å². The zero-order chi connectivity index (χ0) is 23.2. The number of nitrogens with one attached hydrogen (secondary N) is 1. The number of aryl methyl sites for hydroxylation is 1. The number of carbonyl (C=O) groups excluding carboxylic acids is 2. The fourth-order valence-corrected chi connectivity index (χ4v) is 4.17. The average molecular weight is 472 g/mol. The monoisotopic (exact) mass is 471 g/mol. The van der Waals surface area contributed by atoms with Crippen molar-refractivity contribution >= 4 is 52.5 Å². The Morgan fingerprint density at radius 1 is 1.03 bits per heavy atom. The fraction of sp³-hybridized carbons (Fsp3) is 0.0870. The maximum atomic E-state index is 14.5. The molecule has 1 aliphatic rings. The lowest BCUT2D eigenvalue weighted by Gasteiger charge is -2.29. The van der Waals surface area contributed by atoms with E-state index in [0.29, 0.717) is 17.0 Å². The van der Waals surface area contributed by atoms with Gasteiger partial charge in [0.1, 0.15) is 22.9 Å². The first-order valence-electron chi connectivity index (χ1n) is 9.50. The lowest BCUT2D eigenvalue weighted by molar-refractivity contribution is -0.122. The van der Waals surface area contributed by atoms with E-state index in [9.17, 15) is 18.4 Å². The Kier molecular flexibility index (Phi) is 5.66. The third kappa shape index (κ3) is 3.61. The molecule has 0 spiro atoms. The van der Waals surface area contributed by atoms with Gasteiger partial charge in [0.25, 0.3) is 11.8 Å². The predicted octanol–water partition coefficient (Wildman–Crippen LogP) is 4.86. The second-order valence-electron chi connectivity index (χ2n) is 7.14. The van der Waals surface area contributed by atoms with Crippen molar-refractivity contribution in [3.63, 3.8) is 0 Å². The van der Waals surface area contributed by atoms with Gasteiger partial charge < -0.3 is 4.57 Å². The molecule has 4 rings (SSSR count). The number of hydrogen-bond donors (Lipinski definition) is 1. The summed E-state index contributed by atoms with van der Waals surface area (Å²) in [6, 6.07) is 11.7. The van der Waals surface area contributed by atoms with Gasteiger partial charge >= 0.3 is 0 Å². The zero-order valence-electron chi connectivity index (χ0n) is 16.9. The molecule has 0 aliphatic carbocycles. The summed E-state index contributed by atoms with van der Waals surface area (Å²) in [6.07, 6.45) is 1.38. The number of amides is 2. The average Bonchev–Trinajstić information content (AvgIpc) is 3.00. The molecule has 3 aromatic rings. The van der Waals surface area contributed by atoms with Gasteiger partial charge in [0.15, 0.2) is 5.11 Å². The quantitative estimate of drug-likeness (QED) is 0.337. The molecule has 0 radical (unpaired) electrons. The van der Waals surface area contributed by atoms with Crippen LogP contribution in [0.1, 0.15) is 17.0 Å². The minimum Gasteiger partial charge on any atom is -0.314 e. The Labute approximate surface area is 192 Å². The molecule has 0 bridgehead atoms. The van der Waals surface area contributed by atoms with Gasteiger partial charge in [-0.15, -0.1) is 0 Å². The molecule has 9 heteroatoms. The molecular formula is C23H16ClF2N3O2S. The van der Waals surface area contributed by atoms with Gasteiger partial charge in [-0.3, -0.25) is 14.9 Å². The Morgan fingerprint density at radius 2 is 1.72 bits per heavy atom. The molecule has 1 aliphatic heterocycles. The van der Waals surface area contributed by atoms with Gasteiger partial charge in [0.2, 0.25) is 0 Å². The summed E-state index contributed by atoms with van der Waals surface area (Å²) < 4.78 is 30.4. The minimum atomic E-state index is -0.766. The topological polar surface area (TPSA) is 54.3 Å². The smallest absolute Gasteiger partial charge is 0.270 e. The van der Waals surface area contributed by atoms with Crippen LogP contribution in [0, 0.1) is 25.5 Å². The van der Waals surface area contributed by atoms with Crippen molar-refractivity contribution in [3.8, 4) is 5.69 Å². The van der Waals surface area contributed by atoms with Crippen molar-refractivity contribution in [2.45, 2.75) is 13.8 Å². The first kappa shape index (κ1) is 21.9. The van der Waals surface area contributed by atoms with E-state index in [0.717, 1.165) is 4.90 Å². The summed E-state index contributed by atoms with van der Waals surface area (Å²) in [6.45, 7) is 3.47. The number of nitrogens with zero attached hydrogens (tertiary/aromatic N) is 2. The predicted molar refractivity (Wildman–Crippen MR) is 123 cm³/mol. The van der Waals surface area contributed by atoms with Crippen LogP contribution in [0.3, 0.4) is 0 Å². The molecule has 5 nitrogen and oxygen atoms in total. The van der Waals surface area contributed by atoms with Crippen LogP contribution in [-0.2, 0) is 9.59 Å². The van der Waals surface area contributed by atoms with Gasteiger partial charge in [-0.1, -0.05) is 29.8 Å².